The van der Waals surface area contributed by atoms with Crippen molar-refractivity contribution in [1.29, 1.82) is 0 Å². The van der Waals surface area contributed by atoms with Gasteiger partial charge < -0.3 is 14.8 Å². The van der Waals surface area contributed by atoms with E-state index in [4.69, 9.17) is 9.47 Å². The second kappa shape index (κ2) is 11.9. The van der Waals surface area contributed by atoms with Crippen LogP contribution in [0.25, 0.3) is 16.6 Å². The minimum Gasteiger partial charge on any atom is -0.494 e. The molecular formula is C31H32N8O3. The van der Waals surface area contributed by atoms with Crippen LogP contribution in [-0.2, 0) is 11.2 Å². The zero-order chi connectivity index (χ0) is 29.1. The number of carbonyl (C=O) groups is 1. The van der Waals surface area contributed by atoms with Crippen molar-refractivity contribution in [2.75, 3.05) is 25.5 Å². The summed E-state index contributed by atoms with van der Waals surface area (Å²) in [5.41, 5.74) is 3.91. The third-order valence-corrected chi connectivity index (χ3v) is 7.38. The van der Waals surface area contributed by atoms with Crippen LogP contribution in [0, 0.1) is 6.92 Å². The second-order valence-corrected chi connectivity index (χ2v) is 10.4. The lowest BCUT2D eigenvalue weighted by Crippen LogP contribution is -2.22. The molecule has 0 aliphatic carbocycles. The molecule has 1 N–H and O–H groups in total. The van der Waals surface area contributed by atoms with Gasteiger partial charge in [0.1, 0.15) is 36.3 Å². The van der Waals surface area contributed by atoms with E-state index in [0.29, 0.717) is 41.5 Å². The lowest BCUT2D eigenvalue weighted by atomic mass is 10.0. The van der Waals surface area contributed by atoms with Crippen LogP contribution in [-0.4, -0.2) is 66.5 Å². The molecule has 11 nitrogen and oxygen atoms in total. The average molecular weight is 565 g/mol. The zero-order valence-electron chi connectivity index (χ0n) is 23.8. The Hall–Kier alpha value is -4.90. The first kappa shape index (κ1) is 27.3. The lowest BCUT2D eigenvalue weighted by molar-refractivity contribution is -0.114. The molecular weight excluding hydrogens is 532 g/mol. The molecule has 0 amide bonds. The monoisotopic (exact) mass is 564 g/mol. The van der Waals surface area contributed by atoms with E-state index in [1.165, 1.54) is 6.33 Å². The first-order valence-electron chi connectivity index (χ1n) is 14.0. The van der Waals surface area contributed by atoms with Crippen LogP contribution >= 0.6 is 0 Å². The fraction of sp³-hybridized carbons (Fsp3) is 0.290. The Morgan fingerprint density at radius 1 is 1.12 bits per heavy atom. The fourth-order valence-electron chi connectivity index (χ4n) is 5.16. The Labute approximate surface area is 243 Å². The maximum Gasteiger partial charge on any atom is 0.224 e. The van der Waals surface area contributed by atoms with Crippen molar-refractivity contribution in [3.63, 3.8) is 0 Å². The molecule has 4 heterocycles. The summed E-state index contributed by atoms with van der Waals surface area (Å²) < 4.78 is 13.6. The number of aromatic nitrogens is 6. The summed E-state index contributed by atoms with van der Waals surface area (Å²) >= 11 is 0. The Morgan fingerprint density at radius 2 is 2.02 bits per heavy atom. The Balaban J connectivity index is 1.23. The number of rotatable bonds is 10. The molecule has 1 saturated heterocycles. The van der Waals surface area contributed by atoms with Gasteiger partial charge in [-0.2, -0.15) is 0 Å². The predicted molar refractivity (Wildman–Crippen MR) is 160 cm³/mol. The summed E-state index contributed by atoms with van der Waals surface area (Å²) in [6.45, 7) is 5.44. The van der Waals surface area contributed by atoms with Crippen LogP contribution in [0.15, 0.2) is 67.5 Å². The molecule has 0 radical (unpaired) electrons. The number of hydrogen-bond acceptors (Lipinski definition) is 10. The summed E-state index contributed by atoms with van der Waals surface area (Å²) in [4.78, 5) is 28.5. The summed E-state index contributed by atoms with van der Waals surface area (Å²) in [7, 11) is 2.09. The Kier molecular flexibility index (Phi) is 7.74. The third-order valence-electron chi connectivity index (χ3n) is 7.38. The number of allylic oxidation sites excluding steroid dienone is 1. The number of benzene rings is 2. The van der Waals surface area contributed by atoms with Crippen molar-refractivity contribution >= 4 is 33.8 Å². The van der Waals surface area contributed by atoms with Gasteiger partial charge in [0.25, 0.3) is 0 Å². The Morgan fingerprint density at radius 3 is 2.83 bits per heavy atom. The smallest absolute Gasteiger partial charge is 0.224 e. The highest BCUT2D eigenvalue weighted by Gasteiger charge is 2.19. The number of nitrogens with zero attached hydrogens (tertiary/aromatic N) is 7. The van der Waals surface area contributed by atoms with Gasteiger partial charge in [-0.25, -0.2) is 15.0 Å². The number of aryl methyl sites for hydroxylation is 1. The van der Waals surface area contributed by atoms with Crippen LogP contribution in [0.3, 0.4) is 0 Å². The predicted octanol–water partition coefficient (Wildman–Crippen LogP) is 5.07. The summed E-state index contributed by atoms with van der Waals surface area (Å²) in [6.07, 6.45) is 10.9. The summed E-state index contributed by atoms with van der Waals surface area (Å²) in [5, 5.41) is 12.1. The molecule has 0 bridgehead atoms. The fourth-order valence-corrected chi connectivity index (χ4v) is 5.16. The number of ketones is 1. The number of likely N-dealkylation sites (tertiary alicyclic amines) is 1. The van der Waals surface area contributed by atoms with Crippen LogP contribution in [0.2, 0.25) is 0 Å². The highest BCUT2D eigenvalue weighted by Crippen LogP contribution is 2.32. The van der Waals surface area contributed by atoms with E-state index in [0.717, 1.165) is 47.1 Å². The summed E-state index contributed by atoms with van der Waals surface area (Å²) in [5.74, 6) is 2.42. The standard InChI is InChI=1S/C31H32N8O3/c1-4-41-28-15-26-25(14-21(28)13-24(40)9-8-23-6-5-11-38(23)3)31(33-17-32-26)36-22-7-10-27(20(2)12-22)42-30-16-29-37-35-19-39(29)18-34-30/h7-10,12,14-19,23H,4-6,11,13H2,1-3H3,(H,32,33,36)/b9-8+/t23-/m1/s1. The molecule has 0 saturated carbocycles. The molecule has 42 heavy (non-hydrogen) atoms. The van der Waals surface area contributed by atoms with Crippen LogP contribution < -0.4 is 14.8 Å². The second-order valence-electron chi connectivity index (χ2n) is 10.4. The van der Waals surface area contributed by atoms with Gasteiger partial charge in [-0.3, -0.25) is 14.1 Å². The highest BCUT2D eigenvalue weighted by atomic mass is 16.5. The molecule has 1 aliphatic rings. The number of carbonyl (C=O) groups excluding carboxylic acids is 1. The number of ether oxygens (including phenoxy) is 2. The van der Waals surface area contributed by atoms with Crippen LogP contribution in [0.5, 0.6) is 17.4 Å². The summed E-state index contributed by atoms with van der Waals surface area (Å²) in [6, 6.07) is 11.6. The van der Waals surface area contributed by atoms with Crippen molar-refractivity contribution < 1.29 is 14.3 Å². The van der Waals surface area contributed by atoms with Crippen molar-refractivity contribution in [1.82, 2.24) is 34.4 Å². The number of hydrogen-bond donors (Lipinski definition) is 1. The maximum absolute atomic E-state index is 13.0. The SMILES string of the molecule is CCOc1cc2ncnc(Nc3ccc(Oc4cc5nncn5cn4)c(C)c3)c2cc1CC(=O)/C=C/[C@H]1CCCN1C. The molecule has 1 fully saturated rings. The van der Waals surface area contributed by atoms with E-state index in [2.05, 4.69) is 42.4 Å². The molecule has 2 aromatic carbocycles. The molecule has 6 rings (SSSR count). The first-order chi connectivity index (χ1) is 20.5. The third kappa shape index (κ3) is 5.91. The molecule has 3 aromatic heterocycles. The van der Waals surface area contributed by atoms with Crippen molar-refractivity contribution in [3.05, 3.63) is 78.7 Å². The van der Waals surface area contributed by atoms with Gasteiger partial charge in [-0.05, 0) is 76.2 Å². The van der Waals surface area contributed by atoms with Gasteiger partial charge in [-0.15, -0.1) is 10.2 Å². The molecule has 5 aromatic rings. The molecule has 0 unspecified atom stereocenters. The zero-order valence-corrected chi connectivity index (χ0v) is 23.8. The van der Waals surface area contributed by atoms with Gasteiger partial charge in [-0.1, -0.05) is 6.08 Å². The van der Waals surface area contributed by atoms with E-state index < -0.39 is 0 Å². The number of likely N-dealkylation sites (N-methyl/N-ethyl adjacent to an activating group) is 1. The van der Waals surface area contributed by atoms with E-state index in [-0.39, 0.29) is 12.2 Å². The first-order valence-corrected chi connectivity index (χ1v) is 14.0. The van der Waals surface area contributed by atoms with Gasteiger partial charge in [0.2, 0.25) is 5.88 Å². The Bertz CT molecular complexity index is 1780. The van der Waals surface area contributed by atoms with Gasteiger partial charge >= 0.3 is 0 Å². The van der Waals surface area contributed by atoms with E-state index in [1.54, 1.807) is 29.2 Å². The maximum atomic E-state index is 13.0. The molecule has 11 heteroatoms. The molecule has 0 spiro atoms. The average Bonchev–Trinajstić information content (AvgIpc) is 3.62. The van der Waals surface area contributed by atoms with Gasteiger partial charge in [0.05, 0.1) is 12.1 Å². The van der Waals surface area contributed by atoms with Crippen molar-refractivity contribution in [2.24, 2.45) is 0 Å². The van der Waals surface area contributed by atoms with Crippen LogP contribution in [0.1, 0.15) is 30.9 Å². The van der Waals surface area contributed by atoms with Gasteiger partial charge in [0.15, 0.2) is 11.4 Å². The van der Waals surface area contributed by atoms with Crippen molar-refractivity contribution in [3.8, 4) is 17.4 Å². The molecule has 1 atom stereocenters. The number of anilines is 2. The normalized spacial score (nSPS) is 15.5. The largest absolute Gasteiger partial charge is 0.494 e. The van der Waals surface area contributed by atoms with E-state index in [1.807, 2.05) is 50.3 Å². The number of nitrogens with one attached hydrogen (secondary N) is 1. The van der Waals surface area contributed by atoms with Gasteiger partial charge in [0, 0.05) is 41.2 Å². The lowest BCUT2D eigenvalue weighted by Gasteiger charge is -2.15. The molecule has 1 aliphatic heterocycles. The number of fused-ring (bicyclic) bond motifs is 2. The quantitative estimate of drug-likeness (QED) is 0.230. The van der Waals surface area contributed by atoms with Crippen molar-refractivity contribution in [2.45, 2.75) is 39.2 Å². The molecule has 214 valence electrons. The van der Waals surface area contributed by atoms with E-state index >= 15 is 0 Å². The highest BCUT2D eigenvalue weighted by molar-refractivity contribution is 5.96. The van der Waals surface area contributed by atoms with Crippen LogP contribution in [0.4, 0.5) is 11.5 Å². The minimum absolute atomic E-state index is 0.0332. The van der Waals surface area contributed by atoms with E-state index in [9.17, 15) is 4.79 Å². The topological polar surface area (TPSA) is 120 Å². The minimum atomic E-state index is 0.0332.